The molecule has 0 aromatic carbocycles. The number of likely N-dealkylation sites (tertiary alicyclic amines) is 1. The second kappa shape index (κ2) is 4.67. The highest BCUT2D eigenvalue weighted by Crippen LogP contribution is 2.13. The predicted molar refractivity (Wildman–Crippen MR) is 41.9 cm³/mol. The molecule has 1 aliphatic rings. The molecule has 1 heterocycles. The minimum atomic E-state index is -0.136. The van der Waals surface area contributed by atoms with Gasteiger partial charge in [0.25, 0.3) is 0 Å². The summed E-state index contributed by atoms with van der Waals surface area (Å²) in [6, 6.07) is 0. The van der Waals surface area contributed by atoms with Crippen molar-refractivity contribution in [2.45, 2.75) is 32.3 Å². The van der Waals surface area contributed by atoms with Crippen molar-refractivity contribution in [1.82, 2.24) is 4.90 Å². The third-order valence-corrected chi connectivity index (χ3v) is 2.20. The molecule has 0 unspecified atom stereocenters. The zero-order valence-corrected chi connectivity index (χ0v) is 7.05. The summed E-state index contributed by atoms with van der Waals surface area (Å²) in [7, 11) is 0. The van der Waals surface area contributed by atoms with Crippen molar-refractivity contribution in [2.75, 3.05) is 19.6 Å². The van der Waals surface area contributed by atoms with E-state index in [4.69, 9.17) is 0 Å². The molecule has 0 aliphatic carbocycles. The van der Waals surface area contributed by atoms with E-state index in [0.29, 0.717) is 0 Å². The quantitative estimate of drug-likeness (QED) is 0.625. The number of hydrogen-bond acceptors (Lipinski definition) is 2. The molecule has 1 aliphatic heterocycles. The smallest absolute Gasteiger partial charge is 0.101 e. The van der Waals surface area contributed by atoms with Gasteiger partial charge in [-0.2, -0.15) is 4.94 Å². The van der Waals surface area contributed by atoms with E-state index in [0.717, 1.165) is 32.5 Å². The Balaban J connectivity index is 2.14. The van der Waals surface area contributed by atoms with Crippen LogP contribution in [0.1, 0.15) is 26.2 Å². The third-order valence-electron chi connectivity index (χ3n) is 2.20. The van der Waals surface area contributed by atoms with Gasteiger partial charge in [0.2, 0.25) is 0 Å². The van der Waals surface area contributed by atoms with Gasteiger partial charge in [0.05, 0.1) is 0 Å². The molecular weight excluding hydrogens is 145 g/mol. The SMILES string of the molecule is CCCN1CCC(OF)CC1. The Labute approximate surface area is 67.2 Å². The Morgan fingerprint density at radius 2 is 2.09 bits per heavy atom. The summed E-state index contributed by atoms with van der Waals surface area (Å²) in [5.74, 6) is 0. The lowest BCUT2D eigenvalue weighted by Gasteiger charge is -2.29. The van der Waals surface area contributed by atoms with E-state index in [2.05, 4.69) is 16.8 Å². The van der Waals surface area contributed by atoms with Gasteiger partial charge in [-0.3, -0.25) is 0 Å². The maximum absolute atomic E-state index is 11.7. The Kier molecular flexibility index (Phi) is 3.80. The van der Waals surface area contributed by atoms with Crippen LogP contribution in [-0.4, -0.2) is 30.6 Å². The van der Waals surface area contributed by atoms with Crippen LogP contribution in [-0.2, 0) is 4.94 Å². The number of rotatable bonds is 3. The second-order valence-electron chi connectivity index (χ2n) is 3.13. The number of piperidine rings is 1. The molecule has 0 spiro atoms. The zero-order chi connectivity index (χ0) is 8.10. The van der Waals surface area contributed by atoms with E-state index in [1.165, 1.54) is 6.42 Å². The number of nitrogens with zero attached hydrogens (tertiary/aromatic N) is 1. The van der Waals surface area contributed by atoms with Crippen molar-refractivity contribution in [3.63, 3.8) is 0 Å². The first-order chi connectivity index (χ1) is 5.36. The van der Waals surface area contributed by atoms with Gasteiger partial charge in [0, 0.05) is 13.1 Å². The van der Waals surface area contributed by atoms with Crippen molar-refractivity contribution >= 4 is 0 Å². The van der Waals surface area contributed by atoms with E-state index in [1.807, 2.05) is 0 Å². The average molecular weight is 161 g/mol. The van der Waals surface area contributed by atoms with Crippen molar-refractivity contribution in [3.8, 4) is 0 Å². The van der Waals surface area contributed by atoms with Gasteiger partial charge in [0.15, 0.2) is 0 Å². The van der Waals surface area contributed by atoms with Crippen molar-refractivity contribution in [1.29, 1.82) is 0 Å². The fraction of sp³-hybridized carbons (Fsp3) is 1.00. The number of halogens is 1. The van der Waals surface area contributed by atoms with Crippen LogP contribution < -0.4 is 0 Å². The lowest BCUT2D eigenvalue weighted by Crippen LogP contribution is -2.36. The molecule has 11 heavy (non-hydrogen) atoms. The van der Waals surface area contributed by atoms with E-state index in [9.17, 15) is 4.53 Å². The molecule has 3 heteroatoms. The highest BCUT2D eigenvalue weighted by molar-refractivity contribution is 4.70. The minimum Gasteiger partial charge on any atom is -0.303 e. The van der Waals surface area contributed by atoms with Crippen molar-refractivity contribution < 1.29 is 9.47 Å². The molecule has 0 bridgehead atoms. The summed E-state index contributed by atoms with van der Waals surface area (Å²) >= 11 is 0. The van der Waals surface area contributed by atoms with Gasteiger partial charge in [-0.1, -0.05) is 6.92 Å². The lowest BCUT2D eigenvalue weighted by atomic mass is 10.1. The fourth-order valence-electron chi connectivity index (χ4n) is 1.54. The molecule has 0 atom stereocenters. The van der Waals surface area contributed by atoms with Gasteiger partial charge < -0.3 is 4.90 Å². The first-order valence-corrected chi connectivity index (χ1v) is 4.36. The molecule has 0 aromatic heterocycles. The number of hydrogen-bond donors (Lipinski definition) is 0. The molecule has 0 saturated carbocycles. The summed E-state index contributed by atoms with van der Waals surface area (Å²) in [4.78, 5) is 6.15. The van der Waals surface area contributed by atoms with Crippen molar-refractivity contribution in [3.05, 3.63) is 0 Å². The first kappa shape index (κ1) is 8.94. The van der Waals surface area contributed by atoms with Crippen LogP contribution in [0.2, 0.25) is 0 Å². The maximum atomic E-state index is 11.7. The molecule has 0 N–H and O–H groups in total. The van der Waals surface area contributed by atoms with E-state index in [-0.39, 0.29) is 6.10 Å². The summed E-state index contributed by atoms with van der Waals surface area (Å²) in [6.45, 7) is 5.28. The van der Waals surface area contributed by atoms with Crippen LogP contribution in [0.5, 0.6) is 0 Å². The van der Waals surface area contributed by atoms with Gasteiger partial charge in [-0.25, -0.2) is 0 Å². The van der Waals surface area contributed by atoms with Gasteiger partial charge >= 0.3 is 0 Å². The second-order valence-corrected chi connectivity index (χ2v) is 3.13. The fourth-order valence-corrected chi connectivity index (χ4v) is 1.54. The highest BCUT2D eigenvalue weighted by atomic mass is 19.3. The van der Waals surface area contributed by atoms with Crippen LogP contribution in [0.25, 0.3) is 0 Å². The Morgan fingerprint density at radius 1 is 1.45 bits per heavy atom. The average Bonchev–Trinajstić information content (AvgIpc) is 2.07. The lowest BCUT2D eigenvalue weighted by molar-refractivity contribution is -0.190. The Hall–Kier alpha value is -0.150. The topological polar surface area (TPSA) is 12.5 Å². The van der Waals surface area contributed by atoms with Crippen LogP contribution in [0, 0.1) is 0 Å². The maximum Gasteiger partial charge on any atom is 0.101 e. The third kappa shape index (κ3) is 2.75. The molecule has 66 valence electrons. The molecule has 1 fully saturated rings. The van der Waals surface area contributed by atoms with Crippen LogP contribution >= 0.6 is 0 Å². The first-order valence-electron chi connectivity index (χ1n) is 4.36. The summed E-state index contributed by atoms with van der Waals surface area (Å²) in [5, 5.41) is 0. The van der Waals surface area contributed by atoms with E-state index in [1.54, 1.807) is 0 Å². The Morgan fingerprint density at radius 3 is 2.55 bits per heavy atom. The molecule has 1 saturated heterocycles. The standard InChI is InChI=1S/C8H16FNO/c1-2-5-10-6-3-8(11-9)4-7-10/h8H,2-7H2,1H3. The molecular formula is C8H16FNO. The summed E-state index contributed by atoms with van der Waals surface area (Å²) in [6.07, 6.45) is 2.73. The predicted octanol–water partition coefficient (Wildman–Crippen LogP) is 1.76. The van der Waals surface area contributed by atoms with Gasteiger partial charge in [-0.15, -0.1) is 0 Å². The Bertz CT molecular complexity index is 102. The monoisotopic (exact) mass is 161 g/mol. The molecule has 0 radical (unpaired) electrons. The van der Waals surface area contributed by atoms with Crippen LogP contribution in [0.15, 0.2) is 0 Å². The van der Waals surface area contributed by atoms with Gasteiger partial charge in [-0.05, 0) is 30.3 Å². The summed E-state index contributed by atoms with van der Waals surface area (Å²) < 4.78 is 11.7. The van der Waals surface area contributed by atoms with Gasteiger partial charge in [0.1, 0.15) is 6.10 Å². The van der Waals surface area contributed by atoms with E-state index < -0.39 is 0 Å². The highest BCUT2D eigenvalue weighted by Gasteiger charge is 2.18. The summed E-state index contributed by atoms with van der Waals surface area (Å²) in [5.41, 5.74) is 0. The molecule has 0 aromatic rings. The molecule has 1 rings (SSSR count). The van der Waals surface area contributed by atoms with Crippen LogP contribution in [0.3, 0.4) is 0 Å². The van der Waals surface area contributed by atoms with Crippen LogP contribution in [0.4, 0.5) is 4.53 Å². The molecule has 2 nitrogen and oxygen atoms in total. The normalized spacial score (nSPS) is 22.4. The largest absolute Gasteiger partial charge is 0.303 e. The van der Waals surface area contributed by atoms with Crippen molar-refractivity contribution in [2.24, 2.45) is 0 Å². The molecule has 0 amide bonds. The van der Waals surface area contributed by atoms with E-state index >= 15 is 0 Å². The minimum absolute atomic E-state index is 0.136. The zero-order valence-electron chi connectivity index (χ0n) is 7.05.